The van der Waals surface area contributed by atoms with Gasteiger partial charge in [-0.3, -0.25) is 0 Å². The highest BCUT2D eigenvalue weighted by Crippen LogP contribution is 2.25. The smallest absolute Gasteiger partial charge is 0.121 e. The van der Waals surface area contributed by atoms with Crippen LogP contribution in [0.4, 0.5) is 0 Å². The molecule has 3 aromatic rings. The van der Waals surface area contributed by atoms with E-state index in [1.807, 2.05) is 24.3 Å². The molecule has 0 spiro atoms. The van der Waals surface area contributed by atoms with Gasteiger partial charge in [0, 0.05) is 4.70 Å². The van der Waals surface area contributed by atoms with Crippen molar-refractivity contribution in [3.63, 3.8) is 0 Å². The van der Waals surface area contributed by atoms with Gasteiger partial charge in [-0.1, -0.05) is 30.3 Å². The molecular formula is C15H12OS. The minimum absolute atomic E-state index is 0.623. The Bertz CT molecular complexity index is 613. The molecule has 0 radical (unpaired) electrons. The molecule has 1 nitrogen and oxygen atoms in total. The minimum atomic E-state index is 0.623. The van der Waals surface area contributed by atoms with E-state index < -0.39 is 0 Å². The third-order valence-electron chi connectivity index (χ3n) is 2.68. The Morgan fingerprint density at radius 2 is 1.82 bits per heavy atom. The maximum atomic E-state index is 5.78. The van der Waals surface area contributed by atoms with Gasteiger partial charge in [0.05, 0.1) is 0 Å². The van der Waals surface area contributed by atoms with Crippen molar-refractivity contribution >= 4 is 21.4 Å². The Morgan fingerprint density at radius 3 is 2.71 bits per heavy atom. The largest absolute Gasteiger partial charge is 0.489 e. The fourth-order valence-corrected chi connectivity index (χ4v) is 2.58. The summed E-state index contributed by atoms with van der Waals surface area (Å²) in [4.78, 5) is 0. The van der Waals surface area contributed by atoms with E-state index in [2.05, 4.69) is 35.7 Å². The van der Waals surface area contributed by atoms with Gasteiger partial charge in [-0.15, -0.1) is 11.3 Å². The molecule has 2 aromatic carbocycles. The van der Waals surface area contributed by atoms with Gasteiger partial charge in [0.25, 0.3) is 0 Å². The molecule has 0 saturated heterocycles. The predicted molar refractivity (Wildman–Crippen MR) is 72.6 cm³/mol. The summed E-state index contributed by atoms with van der Waals surface area (Å²) in [5, 5.41) is 3.38. The summed E-state index contributed by atoms with van der Waals surface area (Å²) in [6, 6.07) is 18.6. The molecule has 0 bridgehead atoms. The molecular weight excluding hydrogens is 228 g/mol. The first-order valence-electron chi connectivity index (χ1n) is 5.56. The maximum Gasteiger partial charge on any atom is 0.121 e. The third-order valence-corrected chi connectivity index (χ3v) is 3.56. The normalized spacial score (nSPS) is 10.6. The SMILES string of the molecule is c1ccc(COc2ccc3ccsc3c2)cc1. The van der Waals surface area contributed by atoms with Gasteiger partial charge in [0.1, 0.15) is 12.4 Å². The van der Waals surface area contributed by atoms with Crippen LogP contribution >= 0.6 is 11.3 Å². The Labute approximate surface area is 104 Å². The highest BCUT2D eigenvalue weighted by atomic mass is 32.1. The molecule has 0 unspecified atom stereocenters. The van der Waals surface area contributed by atoms with Gasteiger partial charge in [0.2, 0.25) is 0 Å². The van der Waals surface area contributed by atoms with E-state index in [1.165, 1.54) is 15.6 Å². The molecule has 0 N–H and O–H groups in total. The Balaban J connectivity index is 1.76. The van der Waals surface area contributed by atoms with Crippen LogP contribution < -0.4 is 4.74 Å². The van der Waals surface area contributed by atoms with Crippen LogP contribution in [0.25, 0.3) is 10.1 Å². The number of benzene rings is 2. The highest BCUT2D eigenvalue weighted by Gasteiger charge is 1.99. The lowest BCUT2D eigenvalue weighted by atomic mass is 10.2. The molecule has 1 aromatic heterocycles. The first-order chi connectivity index (χ1) is 8.42. The topological polar surface area (TPSA) is 9.23 Å². The third kappa shape index (κ3) is 2.32. The predicted octanol–water partition coefficient (Wildman–Crippen LogP) is 4.48. The fraction of sp³-hybridized carbons (Fsp3) is 0.0667. The Morgan fingerprint density at radius 1 is 0.941 bits per heavy atom. The Hall–Kier alpha value is -1.80. The van der Waals surface area contributed by atoms with Crippen LogP contribution in [0.1, 0.15) is 5.56 Å². The molecule has 1 heterocycles. The second-order valence-corrected chi connectivity index (χ2v) is 4.84. The van der Waals surface area contributed by atoms with Crippen LogP contribution in [-0.2, 0) is 6.61 Å². The van der Waals surface area contributed by atoms with Crippen LogP contribution in [0.2, 0.25) is 0 Å². The molecule has 2 heteroatoms. The lowest BCUT2D eigenvalue weighted by Crippen LogP contribution is -1.94. The average molecular weight is 240 g/mol. The van der Waals surface area contributed by atoms with Crippen molar-refractivity contribution < 1.29 is 4.74 Å². The molecule has 0 amide bonds. The first-order valence-corrected chi connectivity index (χ1v) is 6.44. The summed E-state index contributed by atoms with van der Waals surface area (Å²) in [6.45, 7) is 0.623. The quantitative estimate of drug-likeness (QED) is 0.656. The average Bonchev–Trinajstić information content (AvgIpc) is 2.85. The van der Waals surface area contributed by atoms with E-state index >= 15 is 0 Å². The van der Waals surface area contributed by atoms with E-state index in [0.29, 0.717) is 6.61 Å². The zero-order chi connectivity index (χ0) is 11.5. The van der Waals surface area contributed by atoms with Crippen molar-refractivity contribution in [3.8, 4) is 5.75 Å². The highest BCUT2D eigenvalue weighted by molar-refractivity contribution is 7.17. The molecule has 0 atom stereocenters. The van der Waals surface area contributed by atoms with Crippen molar-refractivity contribution in [1.82, 2.24) is 0 Å². The van der Waals surface area contributed by atoms with Crippen molar-refractivity contribution in [2.45, 2.75) is 6.61 Å². The summed E-state index contributed by atoms with van der Waals surface area (Å²) in [5.74, 6) is 0.934. The summed E-state index contributed by atoms with van der Waals surface area (Å²) in [6.07, 6.45) is 0. The number of hydrogen-bond acceptors (Lipinski definition) is 2. The molecule has 0 aliphatic rings. The molecule has 0 saturated carbocycles. The second kappa shape index (κ2) is 4.60. The number of rotatable bonds is 3. The van der Waals surface area contributed by atoms with E-state index in [4.69, 9.17) is 4.74 Å². The van der Waals surface area contributed by atoms with E-state index in [0.717, 1.165) is 5.75 Å². The van der Waals surface area contributed by atoms with Crippen molar-refractivity contribution in [2.75, 3.05) is 0 Å². The van der Waals surface area contributed by atoms with E-state index in [9.17, 15) is 0 Å². The summed E-state index contributed by atoms with van der Waals surface area (Å²) in [7, 11) is 0. The van der Waals surface area contributed by atoms with E-state index in [-0.39, 0.29) is 0 Å². The van der Waals surface area contributed by atoms with Crippen LogP contribution in [0, 0.1) is 0 Å². The molecule has 3 rings (SSSR count). The van der Waals surface area contributed by atoms with Crippen LogP contribution in [0.3, 0.4) is 0 Å². The van der Waals surface area contributed by atoms with Crippen LogP contribution in [0.5, 0.6) is 5.75 Å². The maximum absolute atomic E-state index is 5.78. The van der Waals surface area contributed by atoms with Crippen molar-refractivity contribution in [1.29, 1.82) is 0 Å². The van der Waals surface area contributed by atoms with E-state index in [1.54, 1.807) is 11.3 Å². The van der Waals surface area contributed by atoms with Crippen molar-refractivity contribution in [3.05, 3.63) is 65.5 Å². The van der Waals surface area contributed by atoms with Gasteiger partial charge in [0.15, 0.2) is 0 Å². The monoisotopic (exact) mass is 240 g/mol. The summed E-state index contributed by atoms with van der Waals surface area (Å²) >= 11 is 1.74. The lowest BCUT2D eigenvalue weighted by molar-refractivity contribution is 0.306. The molecule has 17 heavy (non-hydrogen) atoms. The van der Waals surface area contributed by atoms with Crippen LogP contribution in [0.15, 0.2) is 60.0 Å². The number of thiophene rings is 1. The minimum Gasteiger partial charge on any atom is -0.489 e. The summed E-state index contributed by atoms with van der Waals surface area (Å²) in [5.41, 5.74) is 1.19. The lowest BCUT2D eigenvalue weighted by Gasteiger charge is -2.06. The Kier molecular flexibility index (Phi) is 2.80. The second-order valence-electron chi connectivity index (χ2n) is 3.89. The molecule has 84 valence electrons. The molecule has 0 aliphatic heterocycles. The van der Waals surface area contributed by atoms with Gasteiger partial charge < -0.3 is 4.74 Å². The zero-order valence-electron chi connectivity index (χ0n) is 9.30. The standard InChI is InChI=1S/C15H12OS/c1-2-4-12(5-3-1)11-16-14-7-6-13-8-9-17-15(13)10-14/h1-10H,11H2. The van der Waals surface area contributed by atoms with Gasteiger partial charge in [-0.2, -0.15) is 0 Å². The van der Waals surface area contributed by atoms with Crippen LogP contribution in [-0.4, -0.2) is 0 Å². The molecule has 0 aliphatic carbocycles. The van der Waals surface area contributed by atoms with Gasteiger partial charge >= 0.3 is 0 Å². The summed E-state index contributed by atoms with van der Waals surface area (Å²) < 4.78 is 7.05. The van der Waals surface area contributed by atoms with Gasteiger partial charge in [-0.05, 0) is 40.6 Å². The number of hydrogen-bond donors (Lipinski definition) is 0. The number of fused-ring (bicyclic) bond motifs is 1. The first kappa shape index (κ1) is 10.4. The number of ether oxygens (including phenoxy) is 1. The van der Waals surface area contributed by atoms with Crippen molar-refractivity contribution in [2.24, 2.45) is 0 Å². The zero-order valence-corrected chi connectivity index (χ0v) is 10.1. The molecule has 0 fully saturated rings. The fourth-order valence-electron chi connectivity index (χ4n) is 1.77. The van der Waals surface area contributed by atoms with Gasteiger partial charge in [-0.25, -0.2) is 0 Å².